The number of carbonyl (C=O) groups is 2. The van der Waals surface area contributed by atoms with Gasteiger partial charge in [-0.15, -0.1) is 5.10 Å². The van der Waals surface area contributed by atoms with Crippen molar-refractivity contribution in [3.05, 3.63) is 36.2 Å². The maximum absolute atomic E-state index is 12.8. The van der Waals surface area contributed by atoms with Crippen LogP contribution in [0.4, 0.5) is 10.7 Å². The van der Waals surface area contributed by atoms with E-state index < -0.39 is 23.6 Å². The zero-order chi connectivity index (χ0) is 21.2. The summed E-state index contributed by atoms with van der Waals surface area (Å²) in [6.45, 7) is 7.80. The van der Waals surface area contributed by atoms with Crippen LogP contribution < -0.4 is 5.32 Å². The standard InChI is InChI=1S/C20H27N5O4/c1-5-16-21-18(23-25(16)13-9-7-6-8-10-13)22-17(26)15-11-14(29-20(2,3)4)12-24(15)19(27)28/h6-10,14-15H,5,11-12H2,1-4H3,(H,27,28)(H,22,23,26)/t14-,15+/m1/s1. The van der Waals surface area contributed by atoms with Crippen molar-refractivity contribution in [1.82, 2.24) is 19.7 Å². The van der Waals surface area contributed by atoms with Crippen LogP contribution in [0.3, 0.4) is 0 Å². The van der Waals surface area contributed by atoms with Crippen LogP contribution in [0, 0.1) is 0 Å². The van der Waals surface area contributed by atoms with Gasteiger partial charge in [-0.25, -0.2) is 9.48 Å². The molecule has 2 amide bonds. The molecule has 0 radical (unpaired) electrons. The third kappa shape index (κ3) is 4.92. The second kappa shape index (κ2) is 8.20. The zero-order valence-electron chi connectivity index (χ0n) is 17.1. The van der Waals surface area contributed by atoms with Crippen molar-refractivity contribution in [1.29, 1.82) is 0 Å². The number of rotatable bonds is 5. The summed E-state index contributed by atoms with van der Waals surface area (Å²) in [4.78, 5) is 29.9. The van der Waals surface area contributed by atoms with E-state index in [1.165, 1.54) is 0 Å². The maximum Gasteiger partial charge on any atom is 0.408 e. The smallest absolute Gasteiger partial charge is 0.408 e. The molecule has 0 bridgehead atoms. The highest BCUT2D eigenvalue weighted by molar-refractivity contribution is 5.95. The molecule has 2 atom stereocenters. The Bertz CT molecular complexity index is 875. The van der Waals surface area contributed by atoms with Crippen molar-refractivity contribution in [3.63, 3.8) is 0 Å². The van der Waals surface area contributed by atoms with Crippen molar-refractivity contribution in [2.24, 2.45) is 0 Å². The number of para-hydroxylation sites is 1. The average Bonchev–Trinajstić information content (AvgIpc) is 3.25. The van der Waals surface area contributed by atoms with Gasteiger partial charge in [-0.1, -0.05) is 25.1 Å². The van der Waals surface area contributed by atoms with Gasteiger partial charge in [0, 0.05) is 12.8 Å². The van der Waals surface area contributed by atoms with Crippen LogP contribution >= 0.6 is 0 Å². The van der Waals surface area contributed by atoms with Crippen LogP contribution in [0.5, 0.6) is 0 Å². The minimum atomic E-state index is -1.15. The fourth-order valence-electron chi connectivity index (χ4n) is 3.44. The lowest BCUT2D eigenvalue weighted by atomic mass is 10.1. The van der Waals surface area contributed by atoms with Gasteiger partial charge in [0.15, 0.2) is 0 Å². The lowest BCUT2D eigenvalue weighted by Crippen LogP contribution is -2.42. The third-order valence-corrected chi connectivity index (χ3v) is 4.56. The predicted molar refractivity (Wildman–Crippen MR) is 107 cm³/mol. The van der Waals surface area contributed by atoms with Gasteiger partial charge in [0.1, 0.15) is 11.9 Å². The normalized spacial score (nSPS) is 19.4. The highest BCUT2D eigenvalue weighted by Gasteiger charge is 2.41. The summed E-state index contributed by atoms with van der Waals surface area (Å²) in [5.41, 5.74) is 0.413. The first-order valence-electron chi connectivity index (χ1n) is 9.67. The maximum atomic E-state index is 12.8. The van der Waals surface area contributed by atoms with Crippen LogP contribution in [0.1, 0.15) is 39.9 Å². The minimum absolute atomic E-state index is 0.150. The number of benzene rings is 1. The Kier molecular flexibility index (Phi) is 5.88. The van der Waals surface area contributed by atoms with E-state index in [0.29, 0.717) is 12.2 Å². The summed E-state index contributed by atoms with van der Waals surface area (Å²) in [6, 6.07) is 8.65. The molecule has 2 N–H and O–H groups in total. The summed E-state index contributed by atoms with van der Waals surface area (Å²) in [6.07, 6.45) is -0.579. The number of carbonyl (C=O) groups excluding carboxylic acids is 1. The van der Waals surface area contributed by atoms with Gasteiger partial charge in [0.25, 0.3) is 0 Å². The minimum Gasteiger partial charge on any atom is -0.465 e. The number of nitrogens with one attached hydrogen (secondary N) is 1. The van der Waals surface area contributed by atoms with Gasteiger partial charge >= 0.3 is 6.09 Å². The number of hydrogen-bond donors (Lipinski definition) is 2. The Labute approximate surface area is 169 Å². The number of likely N-dealkylation sites (tertiary alicyclic amines) is 1. The molecule has 0 aliphatic carbocycles. The molecule has 3 rings (SSSR count). The van der Waals surface area contributed by atoms with Crippen molar-refractivity contribution in [2.45, 2.75) is 58.3 Å². The second-order valence-electron chi connectivity index (χ2n) is 7.98. The number of aromatic nitrogens is 3. The van der Waals surface area contributed by atoms with Gasteiger partial charge in [0.2, 0.25) is 11.9 Å². The number of ether oxygens (including phenoxy) is 1. The topological polar surface area (TPSA) is 110 Å². The number of anilines is 1. The van der Waals surface area contributed by atoms with Gasteiger partial charge in [-0.05, 0) is 32.9 Å². The Morgan fingerprint density at radius 3 is 2.55 bits per heavy atom. The first-order valence-corrected chi connectivity index (χ1v) is 9.67. The summed E-state index contributed by atoms with van der Waals surface area (Å²) < 4.78 is 7.56. The molecular formula is C20H27N5O4. The monoisotopic (exact) mass is 401 g/mol. The van der Waals surface area contributed by atoms with Gasteiger partial charge < -0.3 is 9.84 Å². The molecule has 29 heavy (non-hydrogen) atoms. The van der Waals surface area contributed by atoms with Gasteiger partial charge in [0.05, 0.1) is 23.9 Å². The summed E-state index contributed by atoms with van der Waals surface area (Å²) in [5.74, 6) is 0.392. The largest absolute Gasteiger partial charge is 0.465 e. The zero-order valence-corrected chi connectivity index (χ0v) is 17.1. The molecule has 1 saturated heterocycles. The van der Waals surface area contributed by atoms with Crippen LogP contribution in [0.25, 0.3) is 5.69 Å². The molecule has 1 aliphatic heterocycles. The SMILES string of the molecule is CCc1nc(NC(=O)[C@@H]2C[C@@H](OC(C)(C)C)CN2C(=O)O)nn1-c1ccccc1. The van der Waals surface area contributed by atoms with Crippen LogP contribution in [-0.4, -0.2) is 61.1 Å². The molecular weight excluding hydrogens is 374 g/mol. The van der Waals surface area contributed by atoms with Crippen molar-refractivity contribution >= 4 is 17.9 Å². The molecule has 156 valence electrons. The number of aryl methyl sites for hydroxylation is 1. The highest BCUT2D eigenvalue weighted by atomic mass is 16.5. The predicted octanol–water partition coefficient (Wildman–Crippen LogP) is 2.70. The molecule has 0 saturated carbocycles. The number of carboxylic acid groups (broad SMARTS) is 1. The fraction of sp³-hybridized carbons (Fsp3) is 0.500. The van der Waals surface area contributed by atoms with E-state index in [9.17, 15) is 14.7 Å². The summed E-state index contributed by atoms with van der Waals surface area (Å²) in [5, 5.41) is 16.6. The lowest BCUT2D eigenvalue weighted by molar-refractivity contribution is -0.120. The van der Waals surface area contributed by atoms with Crippen LogP contribution in [0.15, 0.2) is 30.3 Å². The quantitative estimate of drug-likeness (QED) is 0.797. The Morgan fingerprint density at radius 1 is 1.28 bits per heavy atom. The molecule has 9 nitrogen and oxygen atoms in total. The highest BCUT2D eigenvalue weighted by Crippen LogP contribution is 2.25. The van der Waals surface area contributed by atoms with Crippen molar-refractivity contribution in [3.8, 4) is 5.69 Å². The molecule has 1 aromatic carbocycles. The van der Waals surface area contributed by atoms with E-state index in [1.807, 2.05) is 58.0 Å². The molecule has 0 unspecified atom stereocenters. The van der Waals surface area contributed by atoms with Gasteiger partial charge in [-0.2, -0.15) is 4.98 Å². The van der Waals surface area contributed by atoms with Gasteiger partial charge in [-0.3, -0.25) is 15.0 Å². The van der Waals surface area contributed by atoms with E-state index in [4.69, 9.17) is 4.74 Å². The van der Waals surface area contributed by atoms with Crippen molar-refractivity contribution < 1.29 is 19.4 Å². The number of hydrogen-bond acceptors (Lipinski definition) is 5. The van der Waals surface area contributed by atoms with E-state index in [1.54, 1.807) is 4.68 Å². The Morgan fingerprint density at radius 2 is 1.97 bits per heavy atom. The molecule has 2 aromatic rings. The third-order valence-electron chi connectivity index (χ3n) is 4.56. The second-order valence-corrected chi connectivity index (χ2v) is 7.98. The number of nitrogens with zero attached hydrogens (tertiary/aromatic N) is 4. The average molecular weight is 401 g/mol. The first kappa shape index (κ1) is 20.8. The fourth-order valence-corrected chi connectivity index (χ4v) is 3.44. The molecule has 1 aliphatic rings. The Hall–Kier alpha value is -2.94. The Balaban J connectivity index is 1.77. The van der Waals surface area contributed by atoms with E-state index in [2.05, 4.69) is 15.4 Å². The summed E-state index contributed by atoms with van der Waals surface area (Å²) in [7, 11) is 0. The molecule has 2 heterocycles. The molecule has 1 fully saturated rings. The number of amides is 2. The van der Waals surface area contributed by atoms with Crippen LogP contribution in [0.2, 0.25) is 0 Å². The van der Waals surface area contributed by atoms with E-state index in [0.717, 1.165) is 10.6 Å². The van der Waals surface area contributed by atoms with E-state index in [-0.39, 0.29) is 25.0 Å². The van der Waals surface area contributed by atoms with E-state index >= 15 is 0 Å². The molecule has 1 aromatic heterocycles. The molecule has 9 heteroatoms. The molecule has 0 spiro atoms. The lowest BCUT2D eigenvalue weighted by Gasteiger charge is -2.24. The first-order chi connectivity index (χ1) is 13.7. The summed E-state index contributed by atoms with van der Waals surface area (Å²) >= 11 is 0. The van der Waals surface area contributed by atoms with Crippen LogP contribution in [-0.2, 0) is 16.0 Å². The van der Waals surface area contributed by atoms with Crippen molar-refractivity contribution in [2.75, 3.05) is 11.9 Å².